The molecular weight excluding hydrogens is 757 g/mol. The van der Waals surface area contributed by atoms with Gasteiger partial charge in [-0.1, -0.05) is 170 Å². The minimum Gasteiger partial charge on any atom is -0.485 e. The van der Waals surface area contributed by atoms with Crippen LogP contribution in [0.2, 0.25) is 0 Å². The van der Waals surface area contributed by atoms with Crippen molar-refractivity contribution < 1.29 is 4.74 Å². The van der Waals surface area contributed by atoms with Crippen LogP contribution in [-0.2, 0) is 0 Å². The summed E-state index contributed by atoms with van der Waals surface area (Å²) in [6.07, 6.45) is 12.2. The largest absolute Gasteiger partial charge is 0.485 e. The van der Waals surface area contributed by atoms with Crippen LogP contribution in [0.4, 0.5) is 5.69 Å². The summed E-state index contributed by atoms with van der Waals surface area (Å²) in [7, 11) is 0. The summed E-state index contributed by atoms with van der Waals surface area (Å²) in [6, 6.07) is 63.8. The van der Waals surface area contributed by atoms with Gasteiger partial charge >= 0.3 is 0 Å². The number of anilines is 1. The van der Waals surface area contributed by atoms with E-state index in [1.54, 1.807) is 0 Å². The van der Waals surface area contributed by atoms with Crippen molar-refractivity contribution in [2.75, 3.05) is 4.90 Å². The van der Waals surface area contributed by atoms with Crippen molar-refractivity contribution in [3.05, 3.63) is 235 Å². The van der Waals surface area contributed by atoms with E-state index < -0.39 is 0 Å². The molecule has 3 unspecified atom stereocenters. The standard InChI is InChI=1S/C57H40N4O/c1-4-15-37(16-5-1)41-21-12-22-42(35-41)39-29-31-45(32-30-39)61-49-27-11-10-25-46(49)53-50(61)34-33-47-52-48(26-14-28-51(52)62-54(47)53)57-59-55(40-19-8-3-9-20-40)58-56(60-57)44-24-13-23-43(36-44)38-17-6-2-7-18-38/h1-24,26-36,46-47,54H,25H2. The molecule has 2 aliphatic heterocycles. The van der Waals surface area contributed by atoms with Gasteiger partial charge in [-0.25, -0.2) is 15.0 Å². The third-order valence-corrected chi connectivity index (χ3v) is 12.6. The number of nitrogens with zero attached hydrogens (tertiary/aromatic N) is 4. The third-order valence-electron chi connectivity index (χ3n) is 12.6. The molecule has 5 heteroatoms. The number of aromatic nitrogens is 3. The minimum absolute atomic E-state index is 0.00637. The lowest BCUT2D eigenvalue weighted by Crippen LogP contribution is -2.27. The molecule has 8 aromatic rings. The van der Waals surface area contributed by atoms with Crippen molar-refractivity contribution in [2.45, 2.75) is 18.4 Å². The predicted octanol–water partition coefficient (Wildman–Crippen LogP) is 13.5. The van der Waals surface area contributed by atoms with Crippen LogP contribution >= 0.6 is 0 Å². The van der Waals surface area contributed by atoms with Gasteiger partial charge in [-0.3, -0.25) is 0 Å². The Hall–Kier alpha value is -7.89. The van der Waals surface area contributed by atoms with Gasteiger partial charge in [0.1, 0.15) is 11.9 Å². The first-order valence-electron chi connectivity index (χ1n) is 21.4. The van der Waals surface area contributed by atoms with E-state index in [-0.39, 0.29) is 17.9 Å². The summed E-state index contributed by atoms with van der Waals surface area (Å²) in [6.45, 7) is 0. The second-order valence-electron chi connectivity index (χ2n) is 16.2. The number of hydrogen-bond acceptors (Lipinski definition) is 5. The van der Waals surface area contributed by atoms with Gasteiger partial charge in [0.05, 0.1) is 0 Å². The molecule has 3 heterocycles. The highest BCUT2D eigenvalue weighted by Crippen LogP contribution is 2.56. The van der Waals surface area contributed by atoms with Crippen LogP contribution in [0.15, 0.2) is 229 Å². The zero-order valence-electron chi connectivity index (χ0n) is 33.8. The van der Waals surface area contributed by atoms with E-state index in [2.05, 4.69) is 193 Å². The van der Waals surface area contributed by atoms with Gasteiger partial charge in [0.25, 0.3) is 0 Å². The number of rotatable bonds is 7. The van der Waals surface area contributed by atoms with E-state index in [1.807, 2.05) is 24.3 Å². The fourth-order valence-corrected chi connectivity index (χ4v) is 9.70. The molecule has 4 aliphatic rings. The number of benzene rings is 7. The molecule has 0 radical (unpaired) electrons. The maximum absolute atomic E-state index is 7.08. The second-order valence-corrected chi connectivity index (χ2v) is 16.2. The monoisotopic (exact) mass is 796 g/mol. The van der Waals surface area contributed by atoms with Crippen molar-refractivity contribution in [1.82, 2.24) is 15.0 Å². The molecule has 0 amide bonds. The van der Waals surface area contributed by atoms with Crippen LogP contribution in [0.25, 0.3) is 67.5 Å². The van der Waals surface area contributed by atoms with Crippen molar-refractivity contribution in [3.63, 3.8) is 0 Å². The molecule has 1 aromatic heterocycles. The number of hydrogen-bond donors (Lipinski definition) is 0. The molecule has 5 nitrogen and oxygen atoms in total. The molecule has 0 fully saturated rings. The molecule has 62 heavy (non-hydrogen) atoms. The quantitative estimate of drug-likeness (QED) is 0.161. The maximum atomic E-state index is 7.08. The van der Waals surface area contributed by atoms with Crippen molar-refractivity contribution in [1.29, 1.82) is 0 Å². The number of allylic oxidation sites excluding steroid dienone is 5. The van der Waals surface area contributed by atoms with Gasteiger partial charge < -0.3 is 9.64 Å². The van der Waals surface area contributed by atoms with Gasteiger partial charge in [0.15, 0.2) is 17.5 Å². The Kier molecular flexibility index (Phi) is 8.70. The summed E-state index contributed by atoms with van der Waals surface area (Å²) < 4.78 is 7.08. The first-order chi connectivity index (χ1) is 30.7. The maximum Gasteiger partial charge on any atom is 0.164 e. The lowest BCUT2D eigenvalue weighted by molar-refractivity contribution is 0.244. The molecular formula is C57H40N4O. The predicted molar refractivity (Wildman–Crippen MR) is 250 cm³/mol. The zero-order chi connectivity index (χ0) is 41.0. The lowest BCUT2D eigenvalue weighted by atomic mass is 9.78. The summed E-state index contributed by atoms with van der Waals surface area (Å²) in [4.78, 5) is 18.0. The molecule has 0 saturated carbocycles. The van der Waals surface area contributed by atoms with Gasteiger partial charge in [0, 0.05) is 56.7 Å². The first-order valence-corrected chi connectivity index (χ1v) is 21.4. The summed E-state index contributed by atoms with van der Waals surface area (Å²) >= 11 is 0. The zero-order valence-corrected chi connectivity index (χ0v) is 33.8. The summed E-state index contributed by atoms with van der Waals surface area (Å²) in [5.74, 6) is 2.98. The van der Waals surface area contributed by atoms with Crippen LogP contribution in [0, 0.1) is 5.92 Å². The Balaban J connectivity index is 0.910. The molecule has 3 atom stereocenters. The number of ether oxygens (including phenoxy) is 1. The molecule has 0 bridgehead atoms. The van der Waals surface area contributed by atoms with Gasteiger partial charge in [0.2, 0.25) is 0 Å². The van der Waals surface area contributed by atoms with Crippen LogP contribution < -0.4 is 9.64 Å². The molecule has 12 rings (SSSR count). The van der Waals surface area contributed by atoms with E-state index in [1.165, 1.54) is 39.2 Å². The first kappa shape index (κ1) is 36.0. The molecule has 0 saturated heterocycles. The van der Waals surface area contributed by atoms with E-state index in [9.17, 15) is 0 Å². The molecule has 0 N–H and O–H groups in total. The lowest BCUT2D eigenvalue weighted by Gasteiger charge is -2.27. The topological polar surface area (TPSA) is 51.1 Å². The van der Waals surface area contributed by atoms with Crippen molar-refractivity contribution in [2.24, 2.45) is 5.92 Å². The summed E-state index contributed by atoms with van der Waals surface area (Å²) in [5, 5.41) is 0. The van der Waals surface area contributed by atoms with Crippen molar-refractivity contribution in [3.8, 4) is 73.3 Å². The van der Waals surface area contributed by atoms with Crippen LogP contribution in [-0.4, -0.2) is 21.1 Å². The fraction of sp³-hybridized carbons (Fsp3) is 0.0702. The highest BCUT2D eigenvalue weighted by Gasteiger charge is 2.48. The highest BCUT2D eigenvalue weighted by molar-refractivity contribution is 5.79. The van der Waals surface area contributed by atoms with Crippen molar-refractivity contribution >= 4 is 5.69 Å². The van der Waals surface area contributed by atoms with Gasteiger partial charge in [-0.05, 0) is 82.3 Å². The Labute approximate surface area is 361 Å². The Morgan fingerprint density at radius 1 is 0.500 bits per heavy atom. The minimum atomic E-state index is -0.159. The second kappa shape index (κ2) is 15.0. The van der Waals surface area contributed by atoms with E-state index in [0.717, 1.165) is 51.2 Å². The Bertz CT molecular complexity index is 3130. The average Bonchev–Trinajstić information content (AvgIpc) is 3.91. The van der Waals surface area contributed by atoms with Crippen LogP contribution in [0.5, 0.6) is 5.75 Å². The SMILES string of the molecule is C1=CCC2C(=C1)N(c1ccc(-c3cccc(-c4ccccc4)c3)cc1)C1=C2C2Oc3cccc(-c4nc(-c5ccccc5)nc(-c5cccc(-c6ccccc6)c5)n4)c3C2C=C1. The third kappa shape index (κ3) is 6.21. The van der Waals surface area contributed by atoms with Gasteiger partial charge in [-0.2, -0.15) is 0 Å². The molecule has 7 aromatic carbocycles. The van der Waals surface area contributed by atoms with Crippen LogP contribution in [0.3, 0.4) is 0 Å². The Morgan fingerprint density at radius 2 is 1.05 bits per heavy atom. The summed E-state index contributed by atoms with van der Waals surface area (Å²) in [5.41, 5.74) is 16.0. The molecule has 2 aliphatic carbocycles. The fourth-order valence-electron chi connectivity index (χ4n) is 9.70. The highest BCUT2D eigenvalue weighted by atomic mass is 16.5. The number of fused-ring (bicyclic) bond motifs is 6. The normalized spacial score (nSPS) is 18.1. The molecule has 294 valence electrons. The van der Waals surface area contributed by atoms with E-state index in [0.29, 0.717) is 17.5 Å². The van der Waals surface area contributed by atoms with E-state index >= 15 is 0 Å². The van der Waals surface area contributed by atoms with E-state index in [4.69, 9.17) is 19.7 Å². The average molecular weight is 797 g/mol. The van der Waals surface area contributed by atoms with Crippen LogP contribution in [0.1, 0.15) is 17.9 Å². The smallest absolute Gasteiger partial charge is 0.164 e. The van der Waals surface area contributed by atoms with Gasteiger partial charge in [-0.15, -0.1) is 0 Å². The Morgan fingerprint density at radius 3 is 1.73 bits per heavy atom. The molecule has 0 spiro atoms.